The van der Waals surface area contributed by atoms with Crippen LogP contribution in [0.5, 0.6) is 0 Å². The zero-order chi connectivity index (χ0) is 6.69. The molecule has 0 amide bonds. The van der Waals surface area contributed by atoms with Crippen LogP contribution < -0.4 is 0 Å². The van der Waals surface area contributed by atoms with Crippen molar-refractivity contribution < 1.29 is 5.11 Å². The highest BCUT2D eigenvalue weighted by molar-refractivity contribution is 5.28. The van der Waals surface area contributed by atoms with Crippen molar-refractivity contribution in [1.82, 2.24) is 0 Å². The van der Waals surface area contributed by atoms with Crippen molar-refractivity contribution in [3.63, 3.8) is 0 Å². The van der Waals surface area contributed by atoms with Gasteiger partial charge in [-0.1, -0.05) is 12.2 Å². The second-order valence-corrected chi connectivity index (χ2v) is 2.16. The summed E-state index contributed by atoms with van der Waals surface area (Å²) in [5, 5.41) is 9.00. The van der Waals surface area contributed by atoms with Crippen LogP contribution in [0.2, 0.25) is 0 Å². The molecule has 1 nitrogen and oxygen atoms in total. The van der Waals surface area contributed by atoms with Crippen molar-refractivity contribution in [2.75, 3.05) is 0 Å². The SMILES string of the molecule is CC1=CC(O)=CCC=C1. The van der Waals surface area contributed by atoms with E-state index in [1.165, 1.54) is 0 Å². The van der Waals surface area contributed by atoms with Crippen LogP contribution in [0.25, 0.3) is 0 Å². The number of hydrogen-bond donors (Lipinski definition) is 1. The van der Waals surface area contributed by atoms with E-state index < -0.39 is 0 Å². The van der Waals surface area contributed by atoms with Gasteiger partial charge in [0, 0.05) is 0 Å². The Labute approximate surface area is 55.0 Å². The maximum Gasteiger partial charge on any atom is 0.112 e. The van der Waals surface area contributed by atoms with Gasteiger partial charge in [-0.25, -0.2) is 0 Å². The smallest absolute Gasteiger partial charge is 0.112 e. The van der Waals surface area contributed by atoms with Crippen LogP contribution in [0.1, 0.15) is 13.3 Å². The van der Waals surface area contributed by atoms with E-state index in [1.807, 2.05) is 19.1 Å². The predicted octanol–water partition coefficient (Wildman–Crippen LogP) is 2.33. The lowest BCUT2D eigenvalue weighted by molar-refractivity contribution is 0.430. The third-order valence-corrected chi connectivity index (χ3v) is 1.22. The second kappa shape index (κ2) is 2.53. The van der Waals surface area contributed by atoms with E-state index in [-0.39, 0.29) is 0 Å². The molecule has 1 N–H and O–H groups in total. The first-order valence-electron chi connectivity index (χ1n) is 3.03. The average molecular weight is 122 g/mol. The number of allylic oxidation sites excluding steroid dienone is 5. The third kappa shape index (κ3) is 1.76. The van der Waals surface area contributed by atoms with Crippen LogP contribution in [-0.4, -0.2) is 5.11 Å². The fraction of sp³-hybridized carbons (Fsp3) is 0.250. The third-order valence-electron chi connectivity index (χ3n) is 1.22. The van der Waals surface area contributed by atoms with E-state index in [4.69, 9.17) is 5.11 Å². The Kier molecular flexibility index (Phi) is 1.73. The van der Waals surface area contributed by atoms with E-state index in [9.17, 15) is 0 Å². The van der Waals surface area contributed by atoms with Crippen molar-refractivity contribution in [2.45, 2.75) is 13.3 Å². The first kappa shape index (κ1) is 6.14. The van der Waals surface area contributed by atoms with Gasteiger partial charge in [0.15, 0.2) is 0 Å². The summed E-state index contributed by atoms with van der Waals surface area (Å²) in [5.41, 5.74) is 1.10. The number of hydrogen-bond acceptors (Lipinski definition) is 1. The second-order valence-electron chi connectivity index (χ2n) is 2.16. The van der Waals surface area contributed by atoms with Crippen molar-refractivity contribution in [2.24, 2.45) is 0 Å². The van der Waals surface area contributed by atoms with E-state index in [0.717, 1.165) is 12.0 Å². The highest BCUT2D eigenvalue weighted by Crippen LogP contribution is 2.06. The maximum absolute atomic E-state index is 9.00. The molecule has 1 aliphatic rings. The molecule has 1 rings (SSSR count). The maximum atomic E-state index is 9.00. The van der Waals surface area contributed by atoms with Crippen LogP contribution in [-0.2, 0) is 0 Å². The molecule has 48 valence electrons. The minimum atomic E-state index is 0.373. The Bertz CT molecular complexity index is 185. The predicted molar refractivity (Wildman–Crippen MR) is 38.2 cm³/mol. The molecular weight excluding hydrogens is 112 g/mol. The van der Waals surface area contributed by atoms with Crippen LogP contribution in [0.4, 0.5) is 0 Å². The molecule has 0 radical (unpaired) electrons. The minimum Gasteiger partial charge on any atom is -0.508 e. The molecule has 0 aliphatic heterocycles. The molecule has 0 saturated carbocycles. The lowest BCUT2D eigenvalue weighted by Crippen LogP contribution is -1.72. The fourth-order valence-electron chi connectivity index (χ4n) is 0.783. The zero-order valence-electron chi connectivity index (χ0n) is 5.46. The monoisotopic (exact) mass is 122 g/mol. The summed E-state index contributed by atoms with van der Waals surface area (Å²) in [5.74, 6) is 0.373. The minimum absolute atomic E-state index is 0.373. The molecule has 0 atom stereocenters. The summed E-state index contributed by atoms with van der Waals surface area (Å²) < 4.78 is 0. The van der Waals surface area contributed by atoms with Gasteiger partial charge < -0.3 is 5.11 Å². The molecule has 0 aromatic heterocycles. The Morgan fingerprint density at radius 2 is 2.33 bits per heavy atom. The van der Waals surface area contributed by atoms with Crippen molar-refractivity contribution in [3.8, 4) is 0 Å². The average Bonchev–Trinajstić information content (AvgIpc) is 1.93. The lowest BCUT2D eigenvalue weighted by Gasteiger charge is -1.87. The summed E-state index contributed by atoms with van der Waals surface area (Å²) in [7, 11) is 0. The van der Waals surface area contributed by atoms with Gasteiger partial charge in [-0.15, -0.1) is 0 Å². The van der Waals surface area contributed by atoms with Gasteiger partial charge in [0.05, 0.1) is 0 Å². The molecule has 9 heavy (non-hydrogen) atoms. The molecule has 0 aromatic carbocycles. The van der Waals surface area contributed by atoms with E-state index in [2.05, 4.69) is 0 Å². The molecular formula is C8H10O. The summed E-state index contributed by atoms with van der Waals surface area (Å²) in [6.45, 7) is 1.96. The summed E-state index contributed by atoms with van der Waals surface area (Å²) in [6.07, 6.45) is 8.39. The van der Waals surface area contributed by atoms with Gasteiger partial charge >= 0.3 is 0 Å². The molecule has 0 bridgehead atoms. The highest BCUT2D eigenvalue weighted by atomic mass is 16.3. The van der Waals surface area contributed by atoms with Gasteiger partial charge in [-0.3, -0.25) is 0 Å². The topological polar surface area (TPSA) is 20.2 Å². The standard InChI is InChI=1S/C8H10O/c1-7-4-2-3-5-8(9)6-7/h2,4-6,9H,3H2,1H3. The lowest BCUT2D eigenvalue weighted by atomic mass is 10.3. The summed E-state index contributed by atoms with van der Waals surface area (Å²) >= 11 is 0. The Hall–Kier alpha value is -0.980. The van der Waals surface area contributed by atoms with E-state index in [1.54, 1.807) is 12.2 Å². The Balaban J connectivity index is 2.82. The van der Waals surface area contributed by atoms with Gasteiger partial charge in [0.1, 0.15) is 5.76 Å². The normalized spacial score (nSPS) is 18.3. The molecule has 1 heteroatoms. The van der Waals surface area contributed by atoms with Crippen molar-refractivity contribution in [1.29, 1.82) is 0 Å². The van der Waals surface area contributed by atoms with Gasteiger partial charge in [0.25, 0.3) is 0 Å². The van der Waals surface area contributed by atoms with Gasteiger partial charge in [0.2, 0.25) is 0 Å². The molecule has 0 spiro atoms. The van der Waals surface area contributed by atoms with Crippen LogP contribution >= 0.6 is 0 Å². The summed E-state index contributed by atoms with van der Waals surface area (Å²) in [6, 6.07) is 0. The molecule has 0 fully saturated rings. The van der Waals surface area contributed by atoms with E-state index in [0.29, 0.717) is 5.76 Å². The molecule has 0 saturated heterocycles. The first-order valence-corrected chi connectivity index (χ1v) is 3.03. The quantitative estimate of drug-likeness (QED) is 0.522. The molecule has 0 aromatic rings. The Morgan fingerprint density at radius 1 is 1.56 bits per heavy atom. The van der Waals surface area contributed by atoms with Crippen molar-refractivity contribution >= 4 is 0 Å². The summed E-state index contributed by atoms with van der Waals surface area (Å²) in [4.78, 5) is 0. The fourth-order valence-corrected chi connectivity index (χ4v) is 0.783. The molecule has 1 aliphatic carbocycles. The highest BCUT2D eigenvalue weighted by Gasteiger charge is 1.90. The molecule has 0 unspecified atom stereocenters. The molecule has 0 heterocycles. The van der Waals surface area contributed by atoms with Gasteiger partial charge in [-0.2, -0.15) is 0 Å². The number of aliphatic hydroxyl groups is 1. The van der Waals surface area contributed by atoms with Gasteiger partial charge in [-0.05, 0) is 31.1 Å². The van der Waals surface area contributed by atoms with Crippen molar-refractivity contribution in [3.05, 3.63) is 35.6 Å². The zero-order valence-corrected chi connectivity index (χ0v) is 5.46. The van der Waals surface area contributed by atoms with Crippen LogP contribution in [0, 0.1) is 0 Å². The first-order chi connectivity index (χ1) is 4.29. The number of aliphatic hydroxyl groups excluding tert-OH is 1. The Morgan fingerprint density at radius 3 is 3.11 bits per heavy atom. The largest absolute Gasteiger partial charge is 0.508 e. The van der Waals surface area contributed by atoms with E-state index >= 15 is 0 Å². The number of rotatable bonds is 0. The van der Waals surface area contributed by atoms with Crippen LogP contribution in [0.15, 0.2) is 35.6 Å². The van der Waals surface area contributed by atoms with Crippen LogP contribution in [0.3, 0.4) is 0 Å².